The Morgan fingerprint density at radius 2 is 2.15 bits per heavy atom. The molecular formula is C18H21N5O2S. The first kappa shape index (κ1) is 17.1. The largest absolute Gasteiger partial charge is 0.338 e. The molecule has 0 aromatic carbocycles. The number of hydrogen-bond donors (Lipinski definition) is 0. The number of aromatic nitrogens is 3. The van der Waals surface area contributed by atoms with Crippen molar-refractivity contribution in [2.75, 3.05) is 18.0 Å². The van der Waals surface area contributed by atoms with Crippen LogP contribution in [0, 0.1) is 12.8 Å². The van der Waals surface area contributed by atoms with Gasteiger partial charge in [0.25, 0.3) is 0 Å². The number of Topliss-reactive ketones (excluding diaryl/α,β-unsaturated/α-hetero) is 1. The van der Waals surface area contributed by atoms with Crippen LogP contribution in [0.4, 0.5) is 5.95 Å². The van der Waals surface area contributed by atoms with E-state index in [1.54, 1.807) is 23.0 Å². The first-order chi connectivity index (χ1) is 12.5. The van der Waals surface area contributed by atoms with E-state index in [9.17, 15) is 9.59 Å². The fourth-order valence-electron chi connectivity index (χ4n) is 3.85. The smallest absolute Gasteiger partial charge is 0.228 e. The van der Waals surface area contributed by atoms with E-state index in [0.29, 0.717) is 36.8 Å². The zero-order valence-corrected chi connectivity index (χ0v) is 15.7. The Labute approximate surface area is 156 Å². The topological polar surface area (TPSA) is 79.3 Å². The molecule has 3 aliphatic rings. The lowest BCUT2D eigenvalue weighted by atomic mass is 9.94. The average Bonchev–Trinajstić information content (AvgIpc) is 2.97. The molecule has 5 rings (SSSR count). The number of aryl methyl sites for hydroxylation is 1. The van der Waals surface area contributed by atoms with Crippen LogP contribution in [0.1, 0.15) is 41.5 Å². The van der Waals surface area contributed by atoms with Gasteiger partial charge < -0.3 is 9.80 Å². The molecule has 0 radical (unpaired) electrons. The van der Waals surface area contributed by atoms with Crippen molar-refractivity contribution in [1.29, 1.82) is 0 Å². The third kappa shape index (κ3) is 3.09. The second-order valence-electron chi connectivity index (χ2n) is 7.00. The van der Waals surface area contributed by atoms with Gasteiger partial charge in [-0.1, -0.05) is 0 Å². The van der Waals surface area contributed by atoms with Gasteiger partial charge in [0.15, 0.2) is 5.78 Å². The summed E-state index contributed by atoms with van der Waals surface area (Å²) >= 11 is 1.55. The van der Waals surface area contributed by atoms with Gasteiger partial charge in [-0.25, -0.2) is 15.0 Å². The van der Waals surface area contributed by atoms with E-state index in [1.165, 1.54) is 6.92 Å². The van der Waals surface area contributed by atoms with Crippen molar-refractivity contribution >= 4 is 29.0 Å². The summed E-state index contributed by atoms with van der Waals surface area (Å²) in [6.07, 6.45) is 3.49. The van der Waals surface area contributed by atoms with E-state index in [-0.39, 0.29) is 23.7 Å². The minimum absolute atomic E-state index is 0.0328. The molecule has 3 fully saturated rings. The lowest BCUT2D eigenvalue weighted by Gasteiger charge is -2.35. The number of amides is 1. The van der Waals surface area contributed by atoms with Crippen LogP contribution in [0.2, 0.25) is 0 Å². The van der Waals surface area contributed by atoms with Crippen LogP contribution < -0.4 is 4.90 Å². The number of hydrogen-bond acceptors (Lipinski definition) is 7. The highest BCUT2D eigenvalue weighted by molar-refractivity contribution is 7.07. The van der Waals surface area contributed by atoms with Crippen LogP contribution >= 0.6 is 11.3 Å². The van der Waals surface area contributed by atoms with E-state index in [2.05, 4.69) is 19.9 Å². The minimum atomic E-state index is -0.0382. The lowest BCUT2D eigenvalue weighted by Crippen LogP contribution is -2.47. The van der Waals surface area contributed by atoms with Gasteiger partial charge in [0, 0.05) is 30.7 Å². The van der Waals surface area contributed by atoms with Gasteiger partial charge in [0.05, 0.1) is 34.9 Å². The van der Waals surface area contributed by atoms with Crippen molar-refractivity contribution in [3.63, 3.8) is 0 Å². The first-order valence-corrected chi connectivity index (χ1v) is 9.74. The summed E-state index contributed by atoms with van der Waals surface area (Å²) in [4.78, 5) is 41.9. The number of piperidine rings is 1. The Morgan fingerprint density at radius 3 is 2.85 bits per heavy atom. The Morgan fingerprint density at radius 1 is 1.31 bits per heavy atom. The molecule has 2 aromatic heterocycles. The van der Waals surface area contributed by atoms with Crippen molar-refractivity contribution in [2.24, 2.45) is 5.92 Å². The predicted octanol–water partition coefficient (Wildman–Crippen LogP) is 2.07. The second kappa shape index (κ2) is 6.75. The summed E-state index contributed by atoms with van der Waals surface area (Å²) in [5, 5.41) is 2.00. The van der Waals surface area contributed by atoms with Crippen molar-refractivity contribution in [2.45, 2.75) is 39.3 Å². The number of rotatable bonds is 4. The monoisotopic (exact) mass is 371 g/mol. The van der Waals surface area contributed by atoms with E-state index in [0.717, 1.165) is 18.5 Å². The number of anilines is 1. The van der Waals surface area contributed by atoms with E-state index >= 15 is 0 Å². The SMILES string of the molecule is CC(=O)c1cnc(N2C[C@H]3CC[C@@H](C2)N(Cc2cscn2)C3=O)nc1C. The molecule has 0 spiro atoms. The van der Waals surface area contributed by atoms with Gasteiger partial charge in [-0.15, -0.1) is 11.3 Å². The highest BCUT2D eigenvalue weighted by Gasteiger charge is 2.41. The zero-order chi connectivity index (χ0) is 18.3. The van der Waals surface area contributed by atoms with E-state index in [4.69, 9.17) is 0 Å². The molecule has 0 aliphatic carbocycles. The molecule has 2 bridgehead atoms. The summed E-state index contributed by atoms with van der Waals surface area (Å²) < 4.78 is 0. The Balaban J connectivity index is 1.59. The maximum Gasteiger partial charge on any atom is 0.228 e. The lowest BCUT2D eigenvalue weighted by molar-refractivity contribution is -0.140. The fourth-order valence-corrected chi connectivity index (χ4v) is 4.40. The maximum absolute atomic E-state index is 12.9. The summed E-state index contributed by atoms with van der Waals surface area (Å²) in [5.74, 6) is 0.736. The predicted molar refractivity (Wildman–Crippen MR) is 98.2 cm³/mol. The Bertz CT molecular complexity index is 838. The molecule has 0 unspecified atom stereocenters. The average molecular weight is 371 g/mol. The molecule has 2 aromatic rings. The van der Waals surface area contributed by atoms with E-state index < -0.39 is 0 Å². The molecule has 0 N–H and O–H groups in total. The Kier molecular flexibility index (Phi) is 4.44. The molecule has 1 amide bonds. The summed E-state index contributed by atoms with van der Waals surface area (Å²) in [6.45, 7) is 5.26. The van der Waals surface area contributed by atoms with Crippen LogP contribution in [0.15, 0.2) is 17.1 Å². The van der Waals surface area contributed by atoms with Crippen molar-refractivity contribution < 1.29 is 9.59 Å². The number of fused-ring (bicyclic) bond motifs is 4. The van der Waals surface area contributed by atoms with Crippen LogP contribution in [0.3, 0.4) is 0 Å². The van der Waals surface area contributed by atoms with E-state index in [1.807, 2.05) is 17.2 Å². The van der Waals surface area contributed by atoms with Crippen molar-refractivity contribution in [3.8, 4) is 0 Å². The molecule has 5 heterocycles. The third-order valence-electron chi connectivity index (χ3n) is 5.24. The molecule has 7 nitrogen and oxygen atoms in total. The number of nitrogens with zero attached hydrogens (tertiary/aromatic N) is 5. The number of carbonyl (C=O) groups excluding carboxylic acids is 2. The highest BCUT2D eigenvalue weighted by atomic mass is 32.1. The van der Waals surface area contributed by atoms with Gasteiger partial charge >= 0.3 is 0 Å². The molecule has 8 heteroatoms. The fraction of sp³-hybridized carbons (Fsp3) is 0.500. The highest BCUT2D eigenvalue weighted by Crippen LogP contribution is 2.31. The normalized spacial score (nSPS) is 22.6. The second-order valence-corrected chi connectivity index (χ2v) is 7.72. The molecule has 26 heavy (non-hydrogen) atoms. The Hall–Kier alpha value is -2.35. The van der Waals surface area contributed by atoms with Crippen LogP contribution in [0.5, 0.6) is 0 Å². The van der Waals surface area contributed by atoms with Crippen molar-refractivity contribution in [3.05, 3.63) is 34.0 Å². The summed E-state index contributed by atoms with van der Waals surface area (Å²) in [7, 11) is 0. The van der Waals surface area contributed by atoms with Crippen molar-refractivity contribution in [1.82, 2.24) is 19.9 Å². The first-order valence-electron chi connectivity index (χ1n) is 8.80. The molecule has 136 valence electrons. The van der Waals surface area contributed by atoms with Gasteiger partial charge in [-0.2, -0.15) is 0 Å². The third-order valence-corrected chi connectivity index (χ3v) is 5.87. The standard InChI is InChI=1S/C18H21N5O2S/c1-11-16(12(2)24)5-19-18(21-11)22-6-13-3-4-15(8-22)23(17(13)25)7-14-9-26-10-20-14/h5,9-10,13,15H,3-4,6-8H2,1-2H3/t13-,15+/m1/s1. The number of thiazole rings is 1. The van der Waals surface area contributed by atoms with Crippen LogP contribution in [0.25, 0.3) is 0 Å². The number of carbonyl (C=O) groups is 2. The van der Waals surface area contributed by atoms with Gasteiger partial charge in [-0.3, -0.25) is 9.59 Å². The van der Waals surface area contributed by atoms with Gasteiger partial charge in [0.1, 0.15) is 0 Å². The summed E-state index contributed by atoms with van der Waals surface area (Å²) in [5.41, 5.74) is 3.98. The van der Waals surface area contributed by atoms with Gasteiger partial charge in [-0.05, 0) is 26.7 Å². The molecule has 2 atom stereocenters. The molecule has 3 aliphatic heterocycles. The van der Waals surface area contributed by atoms with Crippen LogP contribution in [-0.4, -0.2) is 50.7 Å². The van der Waals surface area contributed by atoms with Gasteiger partial charge in [0.2, 0.25) is 11.9 Å². The number of ketones is 1. The maximum atomic E-state index is 12.9. The quantitative estimate of drug-likeness (QED) is 0.766. The zero-order valence-electron chi connectivity index (χ0n) is 14.9. The molecule has 0 saturated carbocycles. The molecular weight excluding hydrogens is 350 g/mol. The van der Waals surface area contributed by atoms with Crippen LogP contribution in [-0.2, 0) is 11.3 Å². The minimum Gasteiger partial charge on any atom is -0.338 e. The molecule has 3 saturated heterocycles. The summed E-state index contributed by atoms with van der Waals surface area (Å²) in [6, 6.07) is 0.138.